The number of benzene rings is 3. The minimum atomic E-state index is 0.952. The molecule has 6 rings (SSSR count). The Balaban J connectivity index is 1.55. The molecule has 2 aliphatic rings. The first-order chi connectivity index (χ1) is 12.9. The van der Waals surface area contributed by atoms with Crippen molar-refractivity contribution in [1.82, 2.24) is 4.98 Å². The van der Waals surface area contributed by atoms with E-state index in [0.717, 1.165) is 17.5 Å². The lowest BCUT2D eigenvalue weighted by Gasteiger charge is -2.10. The number of hydrogen-bond acceptors (Lipinski definition) is 1. The Morgan fingerprint density at radius 2 is 1.69 bits per heavy atom. The van der Waals surface area contributed by atoms with Crippen LogP contribution < -0.4 is 10.6 Å². The maximum atomic E-state index is 4.74. The van der Waals surface area contributed by atoms with Crippen LogP contribution in [0.1, 0.15) is 11.3 Å². The predicted octanol–water partition coefficient (Wildman–Crippen LogP) is 4.52. The summed E-state index contributed by atoms with van der Waals surface area (Å²) < 4.78 is 0. The summed E-state index contributed by atoms with van der Waals surface area (Å²) in [5, 5.41) is 3.68. The second-order valence-electron chi connectivity index (χ2n) is 6.96. The fourth-order valence-electron chi connectivity index (χ4n) is 4.16. The molecule has 0 atom stereocenters. The van der Waals surface area contributed by atoms with Crippen LogP contribution in [0.25, 0.3) is 33.7 Å². The van der Waals surface area contributed by atoms with Gasteiger partial charge in [-0.1, -0.05) is 48.5 Å². The smallest absolute Gasteiger partial charge is 0.0716 e. The Morgan fingerprint density at radius 1 is 0.808 bits per heavy atom. The Morgan fingerprint density at radius 3 is 2.69 bits per heavy atom. The van der Waals surface area contributed by atoms with Gasteiger partial charge in [-0.2, -0.15) is 0 Å². The quantitative estimate of drug-likeness (QED) is 0.432. The van der Waals surface area contributed by atoms with Gasteiger partial charge in [0.1, 0.15) is 0 Å². The largest absolute Gasteiger partial charge is 0.355 e. The van der Waals surface area contributed by atoms with E-state index in [2.05, 4.69) is 77.8 Å². The number of aromatic amines is 1. The molecule has 26 heavy (non-hydrogen) atoms. The molecule has 2 heterocycles. The van der Waals surface area contributed by atoms with E-state index in [1.807, 2.05) is 6.07 Å². The van der Waals surface area contributed by atoms with E-state index in [1.54, 1.807) is 0 Å². The van der Waals surface area contributed by atoms with Crippen molar-refractivity contribution in [2.75, 3.05) is 0 Å². The number of nitrogens with one attached hydrogen (secondary N) is 1. The molecule has 4 aromatic rings. The van der Waals surface area contributed by atoms with Crippen LogP contribution in [0.15, 0.2) is 77.8 Å². The minimum absolute atomic E-state index is 0.952. The summed E-state index contributed by atoms with van der Waals surface area (Å²) in [7, 11) is 0. The fraction of sp³-hybridized carbons (Fsp3) is 0.0417. The van der Waals surface area contributed by atoms with Crippen LogP contribution in [0.5, 0.6) is 0 Å². The molecule has 3 aromatic carbocycles. The zero-order valence-electron chi connectivity index (χ0n) is 14.2. The average Bonchev–Trinajstić information content (AvgIpc) is 3.25. The second kappa shape index (κ2) is 5.06. The lowest BCUT2D eigenvalue weighted by atomic mass is 9.94. The highest BCUT2D eigenvalue weighted by molar-refractivity contribution is 5.91. The first-order valence-corrected chi connectivity index (χ1v) is 8.96. The lowest BCUT2D eigenvalue weighted by Crippen LogP contribution is -2.13. The molecule has 1 aliphatic carbocycles. The third-order valence-electron chi connectivity index (χ3n) is 5.47. The molecule has 2 nitrogen and oxygen atoms in total. The van der Waals surface area contributed by atoms with Gasteiger partial charge < -0.3 is 4.98 Å². The van der Waals surface area contributed by atoms with Gasteiger partial charge in [-0.3, -0.25) is 0 Å². The Bertz CT molecular complexity index is 1350. The Labute approximate surface area is 150 Å². The van der Waals surface area contributed by atoms with Gasteiger partial charge >= 0.3 is 0 Å². The minimum Gasteiger partial charge on any atom is -0.355 e. The molecule has 0 bridgehead atoms. The molecule has 1 N–H and O–H groups in total. The second-order valence-corrected chi connectivity index (χ2v) is 6.96. The van der Waals surface area contributed by atoms with Crippen LogP contribution in [-0.4, -0.2) is 4.98 Å². The predicted molar refractivity (Wildman–Crippen MR) is 107 cm³/mol. The van der Waals surface area contributed by atoms with Crippen LogP contribution in [0, 0.1) is 0 Å². The van der Waals surface area contributed by atoms with E-state index >= 15 is 0 Å². The van der Waals surface area contributed by atoms with Crippen molar-refractivity contribution >= 4 is 28.2 Å². The van der Waals surface area contributed by atoms with Gasteiger partial charge in [0.2, 0.25) is 0 Å². The van der Waals surface area contributed by atoms with Crippen molar-refractivity contribution in [3.63, 3.8) is 0 Å². The Hall–Kier alpha value is -3.39. The standard InChI is InChI=1S/C24H16N2/c1-3-7-21-17(5-1)19-13-15(9-11-23(19)25-21)16-10-12-24-20(14-16)18-6-2-4-8-22(18)26-24/h1-13,26H,14H2. The zero-order valence-corrected chi connectivity index (χ0v) is 14.2. The van der Waals surface area contributed by atoms with Gasteiger partial charge in [-0.05, 0) is 46.7 Å². The van der Waals surface area contributed by atoms with E-state index in [0.29, 0.717) is 0 Å². The first-order valence-electron chi connectivity index (χ1n) is 8.96. The average molecular weight is 332 g/mol. The number of para-hydroxylation sites is 2. The van der Waals surface area contributed by atoms with Crippen molar-refractivity contribution in [3.05, 3.63) is 94.6 Å². The van der Waals surface area contributed by atoms with Crippen molar-refractivity contribution in [3.8, 4) is 11.1 Å². The van der Waals surface area contributed by atoms with E-state index in [4.69, 9.17) is 4.99 Å². The first kappa shape index (κ1) is 13.9. The van der Waals surface area contributed by atoms with E-state index < -0.39 is 0 Å². The van der Waals surface area contributed by atoms with Crippen LogP contribution in [0.2, 0.25) is 0 Å². The van der Waals surface area contributed by atoms with E-state index in [1.165, 1.54) is 44.1 Å². The van der Waals surface area contributed by atoms with Gasteiger partial charge in [0, 0.05) is 34.1 Å². The van der Waals surface area contributed by atoms with Crippen LogP contribution in [-0.2, 0) is 6.42 Å². The van der Waals surface area contributed by atoms with Crippen LogP contribution in [0.3, 0.4) is 0 Å². The topological polar surface area (TPSA) is 28.1 Å². The van der Waals surface area contributed by atoms with Crippen LogP contribution >= 0.6 is 0 Å². The van der Waals surface area contributed by atoms with Crippen molar-refractivity contribution in [2.45, 2.75) is 6.42 Å². The summed E-state index contributed by atoms with van der Waals surface area (Å²) >= 11 is 0. The number of nitrogens with zero attached hydrogens (tertiary/aromatic N) is 1. The number of hydrogen-bond donors (Lipinski definition) is 1. The molecule has 0 saturated carbocycles. The maximum Gasteiger partial charge on any atom is 0.0716 e. The highest BCUT2D eigenvalue weighted by Crippen LogP contribution is 2.32. The monoisotopic (exact) mass is 332 g/mol. The van der Waals surface area contributed by atoms with Gasteiger partial charge in [-0.15, -0.1) is 0 Å². The van der Waals surface area contributed by atoms with Gasteiger partial charge in [0.05, 0.1) is 11.0 Å². The molecule has 0 amide bonds. The van der Waals surface area contributed by atoms with Gasteiger partial charge in [0.15, 0.2) is 0 Å². The summed E-state index contributed by atoms with van der Waals surface area (Å²) in [6, 6.07) is 23.6. The zero-order chi connectivity index (χ0) is 17.1. The number of rotatable bonds is 0. The molecule has 2 heteroatoms. The molecular formula is C24H16N2. The number of H-pyrrole nitrogens is 1. The van der Waals surface area contributed by atoms with E-state index in [-0.39, 0.29) is 0 Å². The maximum absolute atomic E-state index is 4.74. The molecule has 1 aromatic heterocycles. The summed E-state index contributed by atoms with van der Waals surface area (Å²) in [6.07, 6.45) is 5.41. The van der Waals surface area contributed by atoms with Gasteiger partial charge in [0.25, 0.3) is 0 Å². The molecule has 1 aliphatic heterocycles. The normalized spacial score (nSPS) is 16.2. The number of allylic oxidation sites excluding steroid dienone is 1. The highest BCUT2D eigenvalue weighted by atomic mass is 14.8. The summed E-state index contributed by atoms with van der Waals surface area (Å²) in [5.74, 6) is 0. The molecule has 0 unspecified atom stereocenters. The lowest BCUT2D eigenvalue weighted by molar-refractivity contribution is 1.25. The molecule has 0 radical (unpaired) electrons. The molecule has 0 spiro atoms. The van der Waals surface area contributed by atoms with Crippen LogP contribution in [0.4, 0.5) is 5.69 Å². The third-order valence-corrected chi connectivity index (χ3v) is 5.47. The number of fused-ring (bicyclic) bond motifs is 6. The fourth-order valence-corrected chi connectivity index (χ4v) is 4.16. The van der Waals surface area contributed by atoms with Crippen molar-refractivity contribution in [1.29, 1.82) is 0 Å². The molecule has 0 fully saturated rings. The summed E-state index contributed by atoms with van der Waals surface area (Å²) in [6.45, 7) is 0. The highest BCUT2D eigenvalue weighted by Gasteiger charge is 2.16. The van der Waals surface area contributed by atoms with Gasteiger partial charge in [-0.25, -0.2) is 4.99 Å². The van der Waals surface area contributed by atoms with Crippen molar-refractivity contribution < 1.29 is 0 Å². The third kappa shape index (κ3) is 1.90. The molecular weight excluding hydrogens is 316 g/mol. The number of aromatic nitrogens is 1. The molecule has 122 valence electrons. The summed E-state index contributed by atoms with van der Waals surface area (Å²) in [5.41, 5.74) is 8.74. The van der Waals surface area contributed by atoms with E-state index in [9.17, 15) is 0 Å². The van der Waals surface area contributed by atoms with Crippen molar-refractivity contribution in [2.24, 2.45) is 4.99 Å². The SMILES string of the molecule is C1=Cc2[nH]c3ccccc3c2CC1=c1ccc2c(c1)-c1ccccc1N=2. The molecule has 0 saturated heterocycles. The summed E-state index contributed by atoms with van der Waals surface area (Å²) in [4.78, 5) is 8.27. The Kier molecular flexibility index (Phi) is 2.69.